The highest BCUT2D eigenvalue weighted by Gasteiger charge is 2.36. The lowest BCUT2D eigenvalue weighted by Crippen LogP contribution is -2.49. The van der Waals surface area contributed by atoms with Gasteiger partial charge >= 0.3 is 13.6 Å². The van der Waals surface area contributed by atoms with Crippen LogP contribution < -0.4 is 5.46 Å². The van der Waals surface area contributed by atoms with E-state index < -0.39 is 11.2 Å². The summed E-state index contributed by atoms with van der Waals surface area (Å²) in [6.45, 7) is 11.0. The molecule has 7 nitrogen and oxygen atoms in total. The Bertz CT molecular complexity index is 989. The van der Waals surface area contributed by atoms with E-state index in [1.54, 1.807) is 33.3 Å². The fraction of sp³-hybridized carbons (Fsp3) is 0.538. The van der Waals surface area contributed by atoms with Gasteiger partial charge in [0.15, 0.2) is 18.8 Å². The van der Waals surface area contributed by atoms with Gasteiger partial charge in [0, 0.05) is 18.7 Å². The molecule has 0 spiro atoms. The number of aliphatic hydroxyl groups is 1. The molecule has 0 bridgehead atoms. The second-order valence-electron chi connectivity index (χ2n) is 9.94. The molecule has 1 fully saturated rings. The maximum atomic E-state index is 12.5. The largest absolute Gasteiger partial charge is 0.444 e. The van der Waals surface area contributed by atoms with Crippen LogP contribution in [0, 0.1) is 0 Å². The average molecular weight is 467 g/mol. The highest BCUT2D eigenvalue weighted by Crippen LogP contribution is 2.27. The first-order chi connectivity index (χ1) is 16.0. The van der Waals surface area contributed by atoms with Crippen molar-refractivity contribution in [3.8, 4) is 11.3 Å². The lowest BCUT2D eigenvalue weighted by molar-refractivity contribution is -0.0893. The van der Waals surface area contributed by atoms with Crippen LogP contribution in [0.4, 0.5) is 4.79 Å². The number of nitrogens with zero attached hydrogens (tertiary/aromatic N) is 2. The fourth-order valence-electron chi connectivity index (χ4n) is 3.83. The Morgan fingerprint density at radius 2 is 2.03 bits per heavy atom. The van der Waals surface area contributed by atoms with E-state index in [1.807, 2.05) is 38.1 Å². The summed E-state index contributed by atoms with van der Waals surface area (Å²) in [4.78, 5) is 18.5. The van der Waals surface area contributed by atoms with Crippen LogP contribution in [0.25, 0.3) is 11.3 Å². The Hall–Kier alpha value is -2.58. The van der Waals surface area contributed by atoms with E-state index in [9.17, 15) is 9.90 Å². The Labute approximate surface area is 203 Å². The molecular weight excluding hydrogens is 431 g/mol. The Morgan fingerprint density at radius 3 is 2.68 bits per heavy atom. The van der Waals surface area contributed by atoms with Crippen molar-refractivity contribution >= 4 is 19.0 Å². The van der Waals surface area contributed by atoms with Crippen molar-refractivity contribution in [3.63, 3.8) is 0 Å². The third kappa shape index (κ3) is 6.10. The number of hydrogen-bond acceptors (Lipinski definition) is 6. The van der Waals surface area contributed by atoms with Gasteiger partial charge in [-0.1, -0.05) is 31.1 Å². The first kappa shape index (κ1) is 26.0. The molecule has 8 heteroatoms. The quantitative estimate of drug-likeness (QED) is 0.412. The highest BCUT2D eigenvalue weighted by molar-refractivity contribution is 6.47. The molecule has 0 saturated heterocycles. The smallest absolute Gasteiger partial charge is 0.410 e. The van der Waals surface area contributed by atoms with Crippen molar-refractivity contribution in [2.45, 2.75) is 83.6 Å². The molecule has 1 aliphatic carbocycles. The van der Waals surface area contributed by atoms with E-state index in [0.29, 0.717) is 17.9 Å². The topological polar surface area (TPSA) is 85.0 Å². The summed E-state index contributed by atoms with van der Waals surface area (Å²) in [6, 6.07) is 6.11. The monoisotopic (exact) mass is 467 g/mol. The second kappa shape index (κ2) is 10.8. The van der Waals surface area contributed by atoms with Crippen LogP contribution in [0.15, 0.2) is 41.7 Å². The Kier molecular flexibility index (Phi) is 8.26. The van der Waals surface area contributed by atoms with E-state index in [0.717, 1.165) is 42.3 Å². The molecule has 1 amide bonds. The van der Waals surface area contributed by atoms with Gasteiger partial charge in [0.2, 0.25) is 0 Å². The molecule has 1 radical (unpaired) electrons. The number of aromatic nitrogens is 1. The minimum atomic E-state index is -1.01. The van der Waals surface area contributed by atoms with Crippen LogP contribution in [0.5, 0.6) is 0 Å². The number of amides is 1. The van der Waals surface area contributed by atoms with Gasteiger partial charge in [0.1, 0.15) is 5.69 Å². The van der Waals surface area contributed by atoms with E-state index in [-0.39, 0.29) is 18.7 Å². The molecule has 0 aliphatic heterocycles. The first-order valence-corrected chi connectivity index (χ1v) is 11.8. The van der Waals surface area contributed by atoms with Crippen molar-refractivity contribution in [1.29, 1.82) is 0 Å². The molecule has 183 valence electrons. The molecule has 34 heavy (non-hydrogen) atoms. The van der Waals surface area contributed by atoms with E-state index in [2.05, 4.69) is 11.6 Å². The van der Waals surface area contributed by atoms with E-state index in [1.165, 1.54) is 6.39 Å². The number of carbonyl (C=O) groups is 1. The number of benzene rings is 1. The summed E-state index contributed by atoms with van der Waals surface area (Å²) in [5, 5.41) is 10.4. The molecule has 1 heterocycles. The van der Waals surface area contributed by atoms with Crippen molar-refractivity contribution in [3.05, 3.63) is 48.6 Å². The van der Waals surface area contributed by atoms with E-state index in [4.69, 9.17) is 13.8 Å². The molecule has 1 saturated carbocycles. The van der Waals surface area contributed by atoms with Gasteiger partial charge in [-0.05, 0) is 64.1 Å². The summed E-state index contributed by atoms with van der Waals surface area (Å²) >= 11 is 0. The molecule has 1 aromatic carbocycles. The lowest BCUT2D eigenvalue weighted by Gasteiger charge is -2.37. The molecule has 3 rings (SSSR count). The lowest BCUT2D eigenvalue weighted by atomic mass is 9.79. The van der Waals surface area contributed by atoms with Gasteiger partial charge < -0.3 is 23.8 Å². The van der Waals surface area contributed by atoms with Crippen LogP contribution in [0.1, 0.15) is 64.7 Å². The number of oxazole rings is 1. The van der Waals surface area contributed by atoms with E-state index >= 15 is 0 Å². The minimum absolute atomic E-state index is 0.0127. The van der Waals surface area contributed by atoms with Crippen molar-refractivity contribution in [1.82, 2.24) is 9.88 Å². The summed E-state index contributed by atoms with van der Waals surface area (Å²) < 4.78 is 17.0. The minimum Gasteiger partial charge on any atom is -0.444 e. The predicted molar refractivity (Wildman–Crippen MR) is 133 cm³/mol. The van der Waals surface area contributed by atoms with Crippen LogP contribution in [0.3, 0.4) is 0 Å². The van der Waals surface area contributed by atoms with Crippen LogP contribution in [-0.4, -0.2) is 52.9 Å². The maximum Gasteiger partial charge on any atom is 0.410 e. The summed E-state index contributed by atoms with van der Waals surface area (Å²) in [6.07, 6.45) is 7.79. The molecule has 1 N–H and O–H groups in total. The Balaban J connectivity index is 1.72. The molecule has 0 unspecified atom stereocenters. The summed E-state index contributed by atoms with van der Waals surface area (Å²) in [5.41, 5.74) is 1.57. The normalized spacial score (nSPS) is 14.8. The van der Waals surface area contributed by atoms with Crippen LogP contribution in [0.2, 0.25) is 0 Å². The SMILES string of the molecule is C=CCc1cc(-c2ncoc2COC(=O)N(C)C2CCCC2)ccc1[B]OC(C)(C)C(C)(C)O. The molecule has 1 aliphatic rings. The maximum absolute atomic E-state index is 12.5. The Morgan fingerprint density at radius 1 is 1.32 bits per heavy atom. The fourth-order valence-corrected chi connectivity index (χ4v) is 3.83. The van der Waals surface area contributed by atoms with Gasteiger partial charge in [-0.25, -0.2) is 9.78 Å². The highest BCUT2D eigenvalue weighted by atomic mass is 16.6. The molecular formula is C26H36BN2O5. The third-order valence-corrected chi connectivity index (χ3v) is 6.86. The second-order valence-corrected chi connectivity index (χ2v) is 9.94. The first-order valence-electron chi connectivity index (χ1n) is 11.8. The van der Waals surface area contributed by atoms with Crippen LogP contribution in [-0.2, 0) is 22.4 Å². The van der Waals surface area contributed by atoms with Crippen molar-refractivity contribution in [2.75, 3.05) is 7.05 Å². The summed E-state index contributed by atoms with van der Waals surface area (Å²) in [5.74, 6) is 0.494. The van der Waals surface area contributed by atoms with Crippen molar-refractivity contribution in [2.24, 2.45) is 0 Å². The summed E-state index contributed by atoms with van der Waals surface area (Å²) in [7, 11) is 3.46. The number of ether oxygens (including phenoxy) is 1. The average Bonchev–Trinajstić information content (AvgIpc) is 3.47. The zero-order valence-corrected chi connectivity index (χ0v) is 21.0. The molecule has 1 aromatic heterocycles. The van der Waals surface area contributed by atoms with Gasteiger partial charge in [-0.15, -0.1) is 6.58 Å². The van der Waals surface area contributed by atoms with Crippen molar-refractivity contribution < 1.29 is 23.7 Å². The number of rotatable bonds is 10. The number of hydrogen-bond donors (Lipinski definition) is 1. The van der Waals surface area contributed by atoms with Gasteiger partial charge in [-0.2, -0.15) is 0 Å². The molecule has 2 aromatic rings. The predicted octanol–water partition coefficient (Wildman–Crippen LogP) is 4.39. The number of allylic oxidation sites excluding steroid dienone is 1. The van der Waals surface area contributed by atoms with Gasteiger partial charge in [0.25, 0.3) is 0 Å². The third-order valence-electron chi connectivity index (χ3n) is 6.86. The zero-order chi connectivity index (χ0) is 24.9. The number of carbonyl (C=O) groups excluding carboxylic acids is 1. The van der Waals surface area contributed by atoms with Gasteiger partial charge in [-0.3, -0.25) is 0 Å². The standard InChI is InChI=1S/C26H36BN2O5/c1-7-10-18-15-19(13-14-21(18)27-34-26(4,5)25(2,3)31)23-22(33-17-28-23)16-32-24(30)29(6)20-11-8-9-12-20/h7,13-15,17,20,31H,1,8-12,16H2,2-6H3. The van der Waals surface area contributed by atoms with Gasteiger partial charge in [0.05, 0.1) is 11.2 Å². The molecule has 0 atom stereocenters. The van der Waals surface area contributed by atoms with Crippen LogP contribution >= 0.6 is 0 Å². The zero-order valence-electron chi connectivity index (χ0n) is 21.0.